The number of amides is 1. The second kappa shape index (κ2) is 11.7. The second-order valence-corrected chi connectivity index (χ2v) is 6.52. The maximum absolute atomic E-state index is 11.1. The number of halogens is 1. The number of hydrogen-bond donors (Lipinski definition) is 3. The van der Waals surface area contributed by atoms with Gasteiger partial charge in [0.05, 0.1) is 12.2 Å². The number of aryl methyl sites for hydroxylation is 2. The highest BCUT2D eigenvalue weighted by molar-refractivity contribution is 14.0. The van der Waals surface area contributed by atoms with Gasteiger partial charge in [-0.15, -0.1) is 24.0 Å². The first-order valence-electron chi connectivity index (χ1n) is 9.28. The van der Waals surface area contributed by atoms with Crippen LogP contribution in [0.3, 0.4) is 0 Å². The zero-order valence-corrected chi connectivity index (χ0v) is 19.6. The monoisotopic (exact) mass is 498 g/mol. The highest BCUT2D eigenvalue weighted by Gasteiger charge is 2.09. The van der Waals surface area contributed by atoms with Crippen LogP contribution in [0.4, 0.5) is 5.69 Å². The Kier molecular flexibility index (Phi) is 9.98. The molecule has 0 bridgehead atoms. The third-order valence-electron chi connectivity index (χ3n) is 4.38. The second-order valence-electron chi connectivity index (χ2n) is 6.52. The molecule has 0 saturated carbocycles. The van der Waals surface area contributed by atoms with E-state index in [0.29, 0.717) is 6.54 Å². The van der Waals surface area contributed by atoms with E-state index in [0.717, 1.165) is 42.5 Å². The topological polar surface area (TPSA) is 83.3 Å². The van der Waals surface area contributed by atoms with Crippen molar-refractivity contribution in [3.8, 4) is 0 Å². The van der Waals surface area contributed by atoms with Crippen molar-refractivity contribution in [1.82, 2.24) is 20.4 Å². The highest BCUT2D eigenvalue weighted by atomic mass is 127. The minimum absolute atomic E-state index is 0. The van der Waals surface area contributed by atoms with Gasteiger partial charge in [0.15, 0.2) is 5.96 Å². The summed E-state index contributed by atoms with van der Waals surface area (Å²) in [4.78, 5) is 15.8. The molecular formula is C20H31IN6O. The van der Waals surface area contributed by atoms with Crippen molar-refractivity contribution in [2.75, 3.05) is 18.4 Å². The van der Waals surface area contributed by atoms with Crippen molar-refractivity contribution in [3.05, 3.63) is 46.8 Å². The van der Waals surface area contributed by atoms with E-state index in [4.69, 9.17) is 4.99 Å². The Labute approximate surface area is 184 Å². The van der Waals surface area contributed by atoms with Crippen LogP contribution in [-0.4, -0.2) is 34.7 Å². The smallest absolute Gasteiger partial charge is 0.221 e. The normalized spacial score (nSPS) is 11.0. The summed E-state index contributed by atoms with van der Waals surface area (Å²) in [5.74, 6) is 0.741. The molecule has 2 aromatic rings. The molecule has 1 amide bonds. The summed E-state index contributed by atoms with van der Waals surface area (Å²) in [6.07, 6.45) is 0.871. The summed E-state index contributed by atoms with van der Waals surface area (Å²) in [5, 5.41) is 13.9. The molecule has 7 nitrogen and oxygen atoms in total. The molecule has 0 saturated heterocycles. The molecule has 0 spiro atoms. The standard InChI is InChI=1S/C20H30N6O.HI/c1-6-21-20(23-13-19-14(2)25-26(5)15(19)3)22-12-11-17-7-9-18(10-8-17)24-16(4)27;/h7-10H,6,11-13H2,1-5H3,(H,24,27)(H2,21,22,23);1H. The Balaban J connectivity index is 0.00000392. The summed E-state index contributed by atoms with van der Waals surface area (Å²) in [5.41, 5.74) is 5.35. The quantitative estimate of drug-likeness (QED) is 0.312. The molecule has 0 aliphatic rings. The molecule has 154 valence electrons. The lowest BCUT2D eigenvalue weighted by Crippen LogP contribution is -2.38. The Morgan fingerprint density at radius 1 is 1.18 bits per heavy atom. The van der Waals surface area contributed by atoms with Crippen LogP contribution in [0.25, 0.3) is 0 Å². The van der Waals surface area contributed by atoms with E-state index in [-0.39, 0.29) is 29.9 Å². The molecule has 0 unspecified atom stereocenters. The van der Waals surface area contributed by atoms with Gasteiger partial charge in [0.2, 0.25) is 5.91 Å². The van der Waals surface area contributed by atoms with Crippen LogP contribution in [0.2, 0.25) is 0 Å². The molecule has 0 fully saturated rings. The fraction of sp³-hybridized carbons (Fsp3) is 0.450. The predicted octanol–water partition coefficient (Wildman–Crippen LogP) is 2.91. The Morgan fingerprint density at radius 2 is 1.86 bits per heavy atom. The highest BCUT2D eigenvalue weighted by Crippen LogP contribution is 2.13. The number of nitrogens with zero attached hydrogens (tertiary/aromatic N) is 3. The first kappa shape index (κ1) is 23.9. The number of rotatable bonds is 7. The van der Waals surface area contributed by atoms with Gasteiger partial charge in [-0.3, -0.25) is 9.48 Å². The molecule has 28 heavy (non-hydrogen) atoms. The van der Waals surface area contributed by atoms with Gasteiger partial charge < -0.3 is 16.0 Å². The van der Waals surface area contributed by atoms with Crippen molar-refractivity contribution in [3.63, 3.8) is 0 Å². The first-order chi connectivity index (χ1) is 12.9. The summed E-state index contributed by atoms with van der Waals surface area (Å²) >= 11 is 0. The number of carbonyl (C=O) groups excluding carboxylic acids is 1. The van der Waals surface area contributed by atoms with Crippen LogP contribution in [0.5, 0.6) is 0 Å². The molecule has 1 heterocycles. The van der Waals surface area contributed by atoms with Crippen LogP contribution < -0.4 is 16.0 Å². The Bertz CT molecular complexity index is 798. The largest absolute Gasteiger partial charge is 0.357 e. The van der Waals surface area contributed by atoms with Gasteiger partial charge in [-0.2, -0.15) is 5.10 Å². The maximum Gasteiger partial charge on any atom is 0.221 e. The van der Waals surface area contributed by atoms with Gasteiger partial charge in [-0.25, -0.2) is 4.99 Å². The van der Waals surface area contributed by atoms with Crippen molar-refractivity contribution in [2.24, 2.45) is 12.0 Å². The van der Waals surface area contributed by atoms with Gasteiger partial charge >= 0.3 is 0 Å². The first-order valence-corrected chi connectivity index (χ1v) is 9.28. The molecular weight excluding hydrogens is 467 g/mol. The average Bonchev–Trinajstić information content (AvgIpc) is 2.86. The summed E-state index contributed by atoms with van der Waals surface area (Å²) < 4.78 is 1.89. The lowest BCUT2D eigenvalue weighted by molar-refractivity contribution is -0.114. The van der Waals surface area contributed by atoms with E-state index in [2.05, 4.69) is 34.9 Å². The lowest BCUT2D eigenvalue weighted by Gasteiger charge is -2.12. The van der Waals surface area contributed by atoms with E-state index in [1.807, 2.05) is 42.9 Å². The van der Waals surface area contributed by atoms with Gasteiger partial charge in [0.1, 0.15) is 0 Å². The molecule has 1 aromatic heterocycles. The van der Waals surface area contributed by atoms with Crippen molar-refractivity contribution in [2.45, 2.75) is 40.7 Å². The van der Waals surface area contributed by atoms with Crippen molar-refractivity contribution >= 4 is 41.5 Å². The number of aliphatic imine (C=N–C) groups is 1. The lowest BCUT2D eigenvalue weighted by atomic mass is 10.1. The van der Waals surface area contributed by atoms with Crippen molar-refractivity contribution < 1.29 is 4.79 Å². The van der Waals surface area contributed by atoms with Crippen LogP contribution >= 0.6 is 24.0 Å². The Morgan fingerprint density at radius 3 is 2.39 bits per heavy atom. The number of nitrogens with one attached hydrogen (secondary N) is 3. The van der Waals surface area contributed by atoms with E-state index in [9.17, 15) is 4.79 Å². The zero-order valence-electron chi connectivity index (χ0n) is 17.3. The number of guanidine groups is 1. The minimum atomic E-state index is -0.0602. The van der Waals surface area contributed by atoms with Crippen LogP contribution in [0.1, 0.15) is 36.4 Å². The number of hydrogen-bond acceptors (Lipinski definition) is 3. The molecule has 8 heteroatoms. The van der Waals surface area contributed by atoms with Crippen LogP contribution in [0.15, 0.2) is 29.3 Å². The fourth-order valence-corrected chi connectivity index (χ4v) is 2.83. The van der Waals surface area contributed by atoms with Gasteiger partial charge in [-0.1, -0.05) is 12.1 Å². The predicted molar refractivity (Wildman–Crippen MR) is 125 cm³/mol. The van der Waals surface area contributed by atoms with Crippen LogP contribution in [-0.2, 0) is 24.8 Å². The van der Waals surface area contributed by atoms with E-state index in [1.165, 1.54) is 18.1 Å². The van der Waals surface area contributed by atoms with E-state index < -0.39 is 0 Å². The number of aromatic nitrogens is 2. The third kappa shape index (κ3) is 7.14. The van der Waals surface area contributed by atoms with E-state index >= 15 is 0 Å². The summed E-state index contributed by atoms with van der Waals surface area (Å²) in [6.45, 7) is 9.83. The van der Waals surface area contributed by atoms with Crippen molar-refractivity contribution in [1.29, 1.82) is 0 Å². The Hall–Kier alpha value is -2.10. The molecule has 1 aromatic carbocycles. The van der Waals surface area contributed by atoms with Gasteiger partial charge in [0, 0.05) is 44.0 Å². The molecule has 0 aliphatic heterocycles. The van der Waals surface area contributed by atoms with Crippen LogP contribution in [0, 0.1) is 13.8 Å². The molecule has 2 rings (SSSR count). The third-order valence-corrected chi connectivity index (χ3v) is 4.38. The number of carbonyl (C=O) groups is 1. The molecule has 3 N–H and O–H groups in total. The molecule has 0 atom stereocenters. The fourth-order valence-electron chi connectivity index (χ4n) is 2.83. The summed E-state index contributed by atoms with van der Waals surface area (Å²) in [7, 11) is 1.95. The minimum Gasteiger partial charge on any atom is -0.357 e. The number of benzene rings is 1. The molecule has 0 aliphatic carbocycles. The molecule has 0 radical (unpaired) electrons. The van der Waals surface area contributed by atoms with Gasteiger partial charge in [0.25, 0.3) is 0 Å². The zero-order chi connectivity index (χ0) is 19.8. The summed E-state index contributed by atoms with van der Waals surface area (Å²) in [6, 6.07) is 7.90. The SMILES string of the molecule is CCNC(=NCc1c(C)nn(C)c1C)NCCc1ccc(NC(C)=O)cc1.I. The average molecular weight is 498 g/mol. The maximum atomic E-state index is 11.1. The number of anilines is 1. The van der Waals surface area contributed by atoms with E-state index in [1.54, 1.807) is 0 Å². The van der Waals surface area contributed by atoms with Gasteiger partial charge in [-0.05, 0) is 44.9 Å².